The van der Waals surface area contributed by atoms with Gasteiger partial charge in [-0.2, -0.15) is 0 Å². The highest BCUT2D eigenvalue weighted by Crippen LogP contribution is 2.23. The highest BCUT2D eigenvalue weighted by molar-refractivity contribution is 6.04. The van der Waals surface area contributed by atoms with Gasteiger partial charge in [-0.1, -0.05) is 36.4 Å². The van der Waals surface area contributed by atoms with Gasteiger partial charge in [0.2, 0.25) is 5.95 Å². The van der Waals surface area contributed by atoms with E-state index in [9.17, 15) is 4.79 Å². The Bertz CT molecular complexity index is 1090. The van der Waals surface area contributed by atoms with Crippen LogP contribution in [0.5, 0.6) is 0 Å². The molecule has 0 radical (unpaired) electrons. The van der Waals surface area contributed by atoms with E-state index in [0.29, 0.717) is 11.6 Å². The van der Waals surface area contributed by atoms with Crippen LogP contribution in [0, 0.1) is 0 Å². The summed E-state index contributed by atoms with van der Waals surface area (Å²) in [6.45, 7) is 0. The maximum absolute atomic E-state index is 12.8. The zero-order chi connectivity index (χ0) is 18.6. The molecule has 132 valence electrons. The number of amides is 1. The lowest BCUT2D eigenvalue weighted by Crippen LogP contribution is -2.27. The topological polar surface area (TPSA) is 71.0 Å². The van der Waals surface area contributed by atoms with Crippen molar-refractivity contribution in [1.82, 2.24) is 15.0 Å². The molecule has 0 aliphatic rings. The fourth-order valence-corrected chi connectivity index (χ4v) is 2.80. The molecule has 0 unspecified atom stereocenters. The van der Waals surface area contributed by atoms with E-state index in [1.54, 1.807) is 30.4 Å². The third-order valence-corrected chi connectivity index (χ3v) is 4.20. The molecule has 0 spiro atoms. The number of nitrogens with one attached hydrogen (secondary N) is 1. The first kappa shape index (κ1) is 16.7. The van der Waals surface area contributed by atoms with Gasteiger partial charge in [0.05, 0.1) is 11.2 Å². The van der Waals surface area contributed by atoms with Crippen molar-refractivity contribution in [2.75, 3.05) is 17.3 Å². The average molecular weight is 355 g/mol. The molecule has 0 saturated carbocycles. The van der Waals surface area contributed by atoms with Gasteiger partial charge >= 0.3 is 0 Å². The van der Waals surface area contributed by atoms with E-state index in [0.717, 1.165) is 22.3 Å². The van der Waals surface area contributed by atoms with Crippen LogP contribution in [0.25, 0.3) is 10.9 Å². The maximum atomic E-state index is 12.8. The van der Waals surface area contributed by atoms with Gasteiger partial charge in [0.15, 0.2) is 0 Å². The average Bonchev–Trinajstić information content (AvgIpc) is 2.74. The first-order valence-corrected chi connectivity index (χ1v) is 8.49. The molecular formula is C21H17N5O. The molecule has 0 bridgehead atoms. The molecule has 1 amide bonds. The first-order valence-electron chi connectivity index (χ1n) is 8.49. The fourth-order valence-electron chi connectivity index (χ4n) is 2.80. The minimum Gasteiger partial charge on any atom is -0.322 e. The third-order valence-electron chi connectivity index (χ3n) is 4.20. The number of carbonyl (C=O) groups excluding carboxylic acids is 1. The fraction of sp³-hybridized carbons (Fsp3) is 0.0476. The number of nitrogens with zero attached hydrogens (tertiary/aromatic N) is 4. The van der Waals surface area contributed by atoms with Gasteiger partial charge in [-0.15, -0.1) is 0 Å². The highest BCUT2D eigenvalue weighted by Gasteiger charge is 2.16. The van der Waals surface area contributed by atoms with E-state index < -0.39 is 0 Å². The molecule has 2 heterocycles. The highest BCUT2D eigenvalue weighted by atomic mass is 16.2. The number of anilines is 3. The number of aromatic nitrogens is 3. The SMILES string of the molecule is CN(C(=O)c1ccnc(Nc2cccc3cccnc23)n1)c1ccccc1. The molecule has 27 heavy (non-hydrogen) atoms. The quantitative estimate of drug-likeness (QED) is 0.598. The van der Waals surface area contributed by atoms with Crippen molar-refractivity contribution in [3.8, 4) is 0 Å². The van der Waals surface area contributed by atoms with E-state index in [-0.39, 0.29) is 5.91 Å². The summed E-state index contributed by atoms with van der Waals surface area (Å²) < 4.78 is 0. The van der Waals surface area contributed by atoms with E-state index >= 15 is 0 Å². The monoisotopic (exact) mass is 355 g/mol. The Labute approximate surface area is 156 Å². The van der Waals surface area contributed by atoms with Crippen LogP contribution in [0.1, 0.15) is 10.5 Å². The van der Waals surface area contributed by atoms with E-state index in [4.69, 9.17) is 0 Å². The van der Waals surface area contributed by atoms with Gasteiger partial charge in [-0.25, -0.2) is 9.97 Å². The van der Waals surface area contributed by atoms with Crippen LogP contribution >= 0.6 is 0 Å². The van der Waals surface area contributed by atoms with Crippen LogP contribution in [0.3, 0.4) is 0 Å². The van der Waals surface area contributed by atoms with Crippen LogP contribution in [0.15, 0.2) is 79.1 Å². The Kier molecular flexibility index (Phi) is 4.45. The standard InChI is InChI=1S/C21H17N5O/c1-26(16-9-3-2-4-10-16)20(27)18-12-14-23-21(25-18)24-17-11-5-7-15-8-6-13-22-19(15)17/h2-14H,1H3,(H,23,24,25). The number of para-hydroxylation sites is 2. The molecule has 1 N–H and O–H groups in total. The Morgan fingerprint density at radius 2 is 1.70 bits per heavy atom. The third kappa shape index (κ3) is 3.46. The molecule has 0 fully saturated rings. The summed E-state index contributed by atoms with van der Waals surface area (Å²) in [6, 6.07) is 20.8. The smallest absolute Gasteiger partial charge is 0.276 e. The molecule has 0 atom stereocenters. The second-order valence-corrected chi connectivity index (χ2v) is 5.97. The Morgan fingerprint density at radius 3 is 2.56 bits per heavy atom. The van der Waals surface area contributed by atoms with Crippen molar-refractivity contribution in [2.45, 2.75) is 0 Å². The maximum Gasteiger partial charge on any atom is 0.276 e. The van der Waals surface area contributed by atoms with E-state index in [1.165, 1.54) is 0 Å². The first-order chi connectivity index (χ1) is 13.2. The second-order valence-electron chi connectivity index (χ2n) is 5.97. The van der Waals surface area contributed by atoms with Crippen LogP contribution in [-0.2, 0) is 0 Å². The molecular weight excluding hydrogens is 338 g/mol. The molecule has 4 aromatic rings. The summed E-state index contributed by atoms with van der Waals surface area (Å²) in [5.41, 5.74) is 2.72. The van der Waals surface area contributed by atoms with Crippen molar-refractivity contribution in [1.29, 1.82) is 0 Å². The summed E-state index contributed by atoms with van der Waals surface area (Å²) >= 11 is 0. The van der Waals surface area contributed by atoms with Crippen LogP contribution < -0.4 is 10.2 Å². The van der Waals surface area contributed by atoms with Crippen LogP contribution in [0.2, 0.25) is 0 Å². The summed E-state index contributed by atoms with van der Waals surface area (Å²) in [7, 11) is 1.72. The number of carbonyl (C=O) groups is 1. The van der Waals surface area contributed by atoms with Gasteiger partial charge in [0, 0.05) is 30.5 Å². The number of benzene rings is 2. The molecule has 6 nitrogen and oxygen atoms in total. The van der Waals surface area contributed by atoms with Gasteiger partial charge in [0.25, 0.3) is 5.91 Å². The van der Waals surface area contributed by atoms with Crippen LogP contribution in [0.4, 0.5) is 17.3 Å². The Hall–Kier alpha value is -3.80. The number of hydrogen-bond donors (Lipinski definition) is 1. The van der Waals surface area contributed by atoms with Crippen molar-refractivity contribution in [2.24, 2.45) is 0 Å². The van der Waals surface area contributed by atoms with Crippen molar-refractivity contribution < 1.29 is 4.79 Å². The Morgan fingerprint density at radius 1 is 0.889 bits per heavy atom. The second kappa shape index (κ2) is 7.21. The van der Waals surface area contributed by atoms with E-state index in [1.807, 2.05) is 60.7 Å². The number of hydrogen-bond acceptors (Lipinski definition) is 5. The van der Waals surface area contributed by atoms with E-state index in [2.05, 4.69) is 20.3 Å². The lowest BCUT2D eigenvalue weighted by atomic mass is 10.2. The lowest BCUT2D eigenvalue weighted by Gasteiger charge is -2.17. The minimum atomic E-state index is -0.206. The van der Waals surface area contributed by atoms with Gasteiger partial charge < -0.3 is 10.2 Å². The van der Waals surface area contributed by atoms with Gasteiger partial charge in [-0.3, -0.25) is 9.78 Å². The molecule has 0 saturated heterocycles. The molecule has 0 aliphatic carbocycles. The predicted octanol–water partition coefficient (Wildman–Crippen LogP) is 4.05. The largest absolute Gasteiger partial charge is 0.322 e. The lowest BCUT2D eigenvalue weighted by molar-refractivity contribution is 0.0988. The van der Waals surface area contributed by atoms with Gasteiger partial charge in [0.1, 0.15) is 5.69 Å². The predicted molar refractivity (Wildman–Crippen MR) is 106 cm³/mol. The molecule has 0 aliphatic heterocycles. The minimum absolute atomic E-state index is 0.206. The molecule has 6 heteroatoms. The molecule has 2 aromatic carbocycles. The van der Waals surface area contributed by atoms with Crippen molar-refractivity contribution >= 4 is 34.1 Å². The molecule has 4 rings (SSSR count). The zero-order valence-electron chi connectivity index (χ0n) is 14.7. The van der Waals surface area contributed by atoms with Crippen molar-refractivity contribution in [3.05, 3.63) is 84.8 Å². The summed E-state index contributed by atoms with van der Waals surface area (Å²) in [5, 5.41) is 4.18. The summed E-state index contributed by atoms with van der Waals surface area (Å²) in [4.78, 5) is 27.3. The number of rotatable bonds is 4. The molecule has 2 aromatic heterocycles. The normalized spacial score (nSPS) is 10.6. The summed E-state index contributed by atoms with van der Waals surface area (Å²) in [6.07, 6.45) is 3.31. The Balaban J connectivity index is 1.62. The summed E-state index contributed by atoms with van der Waals surface area (Å²) in [5.74, 6) is 0.142. The van der Waals surface area contributed by atoms with Crippen molar-refractivity contribution in [3.63, 3.8) is 0 Å². The van der Waals surface area contributed by atoms with Crippen LogP contribution in [-0.4, -0.2) is 27.9 Å². The zero-order valence-corrected chi connectivity index (χ0v) is 14.7. The number of fused-ring (bicyclic) bond motifs is 1. The van der Waals surface area contributed by atoms with Gasteiger partial charge in [-0.05, 0) is 30.3 Å². The number of pyridine rings is 1.